The van der Waals surface area contributed by atoms with Gasteiger partial charge in [0.1, 0.15) is 11.8 Å². The molecule has 0 aromatic heterocycles. The highest BCUT2D eigenvalue weighted by atomic mass is 16.5. The molecular formula is C26H29N5O5. The zero-order chi connectivity index (χ0) is 25.9. The first-order chi connectivity index (χ1) is 17.4. The summed E-state index contributed by atoms with van der Waals surface area (Å²) >= 11 is 0. The third-order valence-corrected chi connectivity index (χ3v) is 5.41. The van der Waals surface area contributed by atoms with Crippen molar-refractivity contribution in [1.29, 1.82) is 0 Å². The Morgan fingerprint density at radius 1 is 0.944 bits per heavy atom. The predicted octanol–water partition coefficient (Wildman–Crippen LogP) is 1.65. The van der Waals surface area contributed by atoms with Crippen LogP contribution in [0, 0.1) is 0 Å². The number of nitrogens with one attached hydrogen (secondary N) is 4. The summed E-state index contributed by atoms with van der Waals surface area (Å²) in [5, 5.41) is 17.1. The minimum absolute atomic E-state index is 0.147. The first kappa shape index (κ1) is 26.4. The molecule has 0 unspecified atom stereocenters. The number of ether oxygens (including phenoxy) is 1. The second-order valence-corrected chi connectivity index (χ2v) is 7.86. The summed E-state index contributed by atoms with van der Waals surface area (Å²) in [6, 6.07) is 20.7. The topological polar surface area (TPSA) is 155 Å². The van der Waals surface area contributed by atoms with E-state index in [1.54, 1.807) is 43.5 Å². The van der Waals surface area contributed by atoms with Gasteiger partial charge in [0.15, 0.2) is 0 Å². The van der Waals surface area contributed by atoms with Gasteiger partial charge in [-0.3, -0.25) is 19.6 Å². The molecule has 3 rings (SSSR count). The highest BCUT2D eigenvalue weighted by Gasteiger charge is 2.19. The average molecular weight is 492 g/mol. The third kappa shape index (κ3) is 7.12. The van der Waals surface area contributed by atoms with E-state index in [1.807, 2.05) is 36.4 Å². The molecule has 10 nitrogen and oxygen atoms in total. The van der Waals surface area contributed by atoms with Crippen LogP contribution in [0.1, 0.15) is 15.9 Å². The van der Waals surface area contributed by atoms with Gasteiger partial charge in [0.2, 0.25) is 5.91 Å². The molecule has 3 aromatic rings. The number of benzene rings is 3. The molecule has 0 radical (unpaired) electrons. The summed E-state index contributed by atoms with van der Waals surface area (Å²) in [4.78, 5) is 36.1. The van der Waals surface area contributed by atoms with Gasteiger partial charge < -0.3 is 26.4 Å². The van der Waals surface area contributed by atoms with Crippen LogP contribution in [0.2, 0.25) is 0 Å². The molecule has 0 aliphatic rings. The van der Waals surface area contributed by atoms with Crippen molar-refractivity contribution in [3.8, 4) is 16.9 Å². The van der Waals surface area contributed by atoms with Gasteiger partial charge in [-0.1, -0.05) is 42.5 Å². The van der Waals surface area contributed by atoms with E-state index in [0.717, 1.165) is 22.4 Å². The van der Waals surface area contributed by atoms with Gasteiger partial charge in [0, 0.05) is 29.9 Å². The standard InChI is InChI=1S/C26H29N5O5/c1-36-23-5-3-2-4-20(23)15-28-16-24(32)29-21-12-10-18(11-13-21)17-6-8-19(9-7-17)25(33)30-22(14-27)26(34)31-35/h2-13,22,28,35H,14-16,27H2,1H3,(H,29,32)(H,30,33)(H,31,34)/t22-/m0/s1. The third-order valence-electron chi connectivity index (χ3n) is 5.41. The Hall–Kier alpha value is -4.25. The zero-order valence-electron chi connectivity index (χ0n) is 19.8. The van der Waals surface area contributed by atoms with E-state index in [9.17, 15) is 14.4 Å². The summed E-state index contributed by atoms with van der Waals surface area (Å²) < 4.78 is 5.31. The Labute approximate surface area is 208 Å². The number of amides is 3. The van der Waals surface area contributed by atoms with Crippen LogP contribution in [0.3, 0.4) is 0 Å². The minimum atomic E-state index is -1.04. The van der Waals surface area contributed by atoms with Crippen LogP contribution < -0.4 is 31.9 Å². The Balaban J connectivity index is 1.52. The molecule has 0 aliphatic heterocycles. The van der Waals surface area contributed by atoms with Gasteiger partial charge in [-0.05, 0) is 41.5 Å². The molecule has 0 aliphatic carbocycles. The van der Waals surface area contributed by atoms with Crippen molar-refractivity contribution >= 4 is 23.4 Å². The molecule has 3 aromatic carbocycles. The number of para-hydroxylation sites is 1. The Kier molecular flexibility index (Phi) is 9.52. The lowest BCUT2D eigenvalue weighted by Gasteiger charge is -2.14. The number of hydroxylamine groups is 1. The summed E-state index contributed by atoms with van der Waals surface area (Å²) in [6.07, 6.45) is 0. The number of hydrogen-bond acceptors (Lipinski definition) is 7. The monoisotopic (exact) mass is 491 g/mol. The van der Waals surface area contributed by atoms with Gasteiger partial charge in [0.25, 0.3) is 11.8 Å². The van der Waals surface area contributed by atoms with Gasteiger partial charge in [-0.15, -0.1) is 0 Å². The van der Waals surface area contributed by atoms with Crippen LogP contribution in [0.4, 0.5) is 5.69 Å². The lowest BCUT2D eigenvalue weighted by molar-refractivity contribution is -0.130. The Morgan fingerprint density at radius 2 is 1.58 bits per heavy atom. The van der Waals surface area contributed by atoms with Crippen molar-refractivity contribution in [3.63, 3.8) is 0 Å². The normalized spacial score (nSPS) is 11.3. The highest BCUT2D eigenvalue weighted by Crippen LogP contribution is 2.22. The van der Waals surface area contributed by atoms with Crippen molar-refractivity contribution < 1.29 is 24.3 Å². The molecule has 10 heteroatoms. The fraction of sp³-hybridized carbons (Fsp3) is 0.192. The lowest BCUT2D eigenvalue weighted by atomic mass is 10.0. The van der Waals surface area contributed by atoms with Crippen LogP contribution in [-0.4, -0.2) is 49.2 Å². The van der Waals surface area contributed by atoms with Crippen LogP contribution >= 0.6 is 0 Å². The first-order valence-electron chi connectivity index (χ1n) is 11.2. The molecule has 0 fully saturated rings. The van der Waals surface area contributed by atoms with E-state index in [1.165, 1.54) is 5.48 Å². The molecule has 1 atom stereocenters. The van der Waals surface area contributed by atoms with Crippen molar-refractivity contribution in [2.24, 2.45) is 5.73 Å². The second kappa shape index (κ2) is 13.0. The number of carbonyl (C=O) groups is 3. The van der Waals surface area contributed by atoms with Gasteiger partial charge in [0.05, 0.1) is 13.7 Å². The van der Waals surface area contributed by atoms with E-state index in [2.05, 4.69) is 16.0 Å². The molecule has 0 saturated carbocycles. The molecule has 188 valence electrons. The van der Waals surface area contributed by atoms with Crippen LogP contribution in [0.25, 0.3) is 11.1 Å². The number of anilines is 1. The van der Waals surface area contributed by atoms with Crippen LogP contribution in [0.15, 0.2) is 72.8 Å². The largest absolute Gasteiger partial charge is 0.496 e. The van der Waals surface area contributed by atoms with Crippen LogP contribution in [0.5, 0.6) is 5.75 Å². The number of methoxy groups -OCH3 is 1. The van der Waals surface area contributed by atoms with Crippen LogP contribution in [-0.2, 0) is 16.1 Å². The Bertz CT molecular complexity index is 1180. The van der Waals surface area contributed by atoms with Gasteiger partial charge in [-0.25, -0.2) is 5.48 Å². The number of carbonyl (C=O) groups excluding carboxylic acids is 3. The summed E-state index contributed by atoms with van der Waals surface area (Å²) in [5.41, 5.74) is 10.7. The van der Waals surface area contributed by atoms with E-state index in [-0.39, 0.29) is 19.0 Å². The highest BCUT2D eigenvalue weighted by molar-refractivity contribution is 5.98. The molecule has 36 heavy (non-hydrogen) atoms. The smallest absolute Gasteiger partial charge is 0.267 e. The van der Waals surface area contributed by atoms with Gasteiger partial charge in [-0.2, -0.15) is 0 Å². The summed E-state index contributed by atoms with van der Waals surface area (Å²) in [5.74, 6) is -0.679. The minimum Gasteiger partial charge on any atom is -0.496 e. The quantitative estimate of drug-likeness (QED) is 0.176. The van der Waals surface area contributed by atoms with E-state index < -0.39 is 17.9 Å². The van der Waals surface area contributed by atoms with Crippen molar-refractivity contribution in [1.82, 2.24) is 16.1 Å². The fourth-order valence-electron chi connectivity index (χ4n) is 3.48. The molecule has 0 heterocycles. The molecule has 0 spiro atoms. The lowest BCUT2D eigenvalue weighted by Crippen LogP contribution is -2.50. The van der Waals surface area contributed by atoms with E-state index in [0.29, 0.717) is 17.8 Å². The maximum absolute atomic E-state index is 12.3. The molecule has 3 amide bonds. The van der Waals surface area contributed by atoms with Crippen molar-refractivity contribution in [2.45, 2.75) is 12.6 Å². The molecule has 7 N–H and O–H groups in total. The number of nitrogens with two attached hydrogens (primary N) is 1. The van der Waals surface area contributed by atoms with Crippen molar-refractivity contribution in [2.75, 3.05) is 25.5 Å². The van der Waals surface area contributed by atoms with E-state index in [4.69, 9.17) is 15.7 Å². The summed E-state index contributed by atoms with van der Waals surface area (Å²) in [7, 11) is 1.61. The average Bonchev–Trinajstić information content (AvgIpc) is 2.92. The second-order valence-electron chi connectivity index (χ2n) is 7.86. The zero-order valence-corrected chi connectivity index (χ0v) is 19.8. The molecule has 0 saturated heterocycles. The maximum Gasteiger partial charge on any atom is 0.267 e. The Morgan fingerprint density at radius 3 is 2.19 bits per heavy atom. The molecule has 0 bridgehead atoms. The summed E-state index contributed by atoms with van der Waals surface area (Å²) in [6.45, 7) is 0.497. The van der Waals surface area contributed by atoms with Crippen molar-refractivity contribution in [3.05, 3.63) is 83.9 Å². The maximum atomic E-state index is 12.3. The van der Waals surface area contributed by atoms with E-state index >= 15 is 0 Å². The number of rotatable bonds is 11. The number of hydrogen-bond donors (Lipinski definition) is 6. The fourth-order valence-corrected chi connectivity index (χ4v) is 3.48. The first-order valence-corrected chi connectivity index (χ1v) is 11.2. The predicted molar refractivity (Wildman–Crippen MR) is 135 cm³/mol. The van der Waals surface area contributed by atoms with Gasteiger partial charge >= 0.3 is 0 Å². The molecular weight excluding hydrogens is 462 g/mol. The SMILES string of the molecule is COc1ccccc1CNCC(=O)Nc1ccc(-c2ccc(C(=O)N[C@@H](CN)C(=O)NO)cc2)cc1.